The first-order valence-electron chi connectivity index (χ1n) is 6.20. The van der Waals surface area contributed by atoms with Crippen LogP contribution in [0.4, 0.5) is 5.69 Å². The predicted octanol–water partition coefficient (Wildman–Crippen LogP) is 2.35. The average Bonchev–Trinajstić information content (AvgIpc) is 2.72. The van der Waals surface area contributed by atoms with Crippen LogP contribution in [0, 0.1) is 5.41 Å². The summed E-state index contributed by atoms with van der Waals surface area (Å²) < 4.78 is 10.6. The molecule has 5 nitrogen and oxygen atoms in total. The van der Waals surface area contributed by atoms with E-state index < -0.39 is 5.97 Å². The van der Waals surface area contributed by atoms with Crippen molar-refractivity contribution in [2.75, 3.05) is 25.3 Å². The quantitative estimate of drug-likeness (QED) is 0.885. The summed E-state index contributed by atoms with van der Waals surface area (Å²) in [5.74, 6) is 0.714. The zero-order valence-corrected chi connectivity index (χ0v) is 11.5. The van der Waals surface area contributed by atoms with E-state index in [0.29, 0.717) is 6.54 Å². The second-order valence-electron chi connectivity index (χ2n) is 5.63. The number of rotatable bonds is 5. The zero-order chi connectivity index (χ0) is 14.0. The molecule has 5 heteroatoms. The summed E-state index contributed by atoms with van der Waals surface area (Å²) in [5.41, 5.74) is 0.694. The Labute approximate surface area is 112 Å². The van der Waals surface area contributed by atoms with Gasteiger partial charge in [0.05, 0.1) is 6.42 Å². The molecule has 0 fully saturated rings. The summed E-state index contributed by atoms with van der Waals surface area (Å²) >= 11 is 0. The van der Waals surface area contributed by atoms with E-state index in [-0.39, 0.29) is 18.6 Å². The van der Waals surface area contributed by atoms with Crippen LogP contribution >= 0.6 is 0 Å². The third kappa shape index (κ3) is 3.30. The van der Waals surface area contributed by atoms with Crippen LogP contribution in [-0.2, 0) is 4.79 Å². The molecule has 0 radical (unpaired) electrons. The van der Waals surface area contributed by atoms with Gasteiger partial charge in [-0.2, -0.15) is 0 Å². The second-order valence-corrected chi connectivity index (χ2v) is 5.63. The van der Waals surface area contributed by atoms with Crippen LogP contribution in [0.1, 0.15) is 20.3 Å². The Hall–Kier alpha value is -1.91. The molecular formula is C14H19NO4. The van der Waals surface area contributed by atoms with Crippen LogP contribution < -0.4 is 14.4 Å². The lowest BCUT2D eigenvalue weighted by atomic mass is 9.88. The van der Waals surface area contributed by atoms with E-state index in [2.05, 4.69) is 0 Å². The molecule has 1 aromatic rings. The van der Waals surface area contributed by atoms with Gasteiger partial charge in [-0.1, -0.05) is 13.8 Å². The summed E-state index contributed by atoms with van der Waals surface area (Å²) in [7, 11) is 1.95. The fourth-order valence-electron chi connectivity index (χ4n) is 2.32. The molecule has 104 valence electrons. The van der Waals surface area contributed by atoms with Gasteiger partial charge in [0, 0.05) is 25.3 Å². The van der Waals surface area contributed by atoms with E-state index in [4.69, 9.17) is 14.6 Å². The molecule has 1 N–H and O–H groups in total. The minimum atomic E-state index is -0.774. The molecule has 0 unspecified atom stereocenters. The van der Waals surface area contributed by atoms with Crippen molar-refractivity contribution in [2.24, 2.45) is 5.41 Å². The molecule has 0 aliphatic carbocycles. The first kappa shape index (κ1) is 13.5. The minimum Gasteiger partial charge on any atom is -0.481 e. The summed E-state index contributed by atoms with van der Waals surface area (Å²) in [6.07, 6.45) is 0.141. The highest BCUT2D eigenvalue weighted by Gasteiger charge is 2.24. The molecule has 0 amide bonds. The van der Waals surface area contributed by atoms with E-state index in [9.17, 15) is 4.79 Å². The number of carboxylic acids is 1. The molecule has 0 spiro atoms. The van der Waals surface area contributed by atoms with Gasteiger partial charge in [-0.25, -0.2) is 0 Å². The standard InChI is InChI=1S/C14H19NO4/c1-14(2,7-13(16)17)8-15(3)10-4-5-11-12(6-10)19-9-18-11/h4-6H,7-9H2,1-3H3,(H,16,17). The van der Waals surface area contributed by atoms with Crippen LogP contribution in [0.25, 0.3) is 0 Å². The van der Waals surface area contributed by atoms with Crippen molar-refractivity contribution in [3.63, 3.8) is 0 Å². The summed E-state index contributed by atoms with van der Waals surface area (Å²) in [6.45, 7) is 4.81. The normalized spacial score (nSPS) is 13.4. The largest absolute Gasteiger partial charge is 0.481 e. The number of aliphatic carboxylic acids is 1. The third-order valence-electron chi connectivity index (χ3n) is 3.09. The average molecular weight is 265 g/mol. The molecule has 0 aromatic heterocycles. The van der Waals surface area contributed by atoms with E-state index in [1.807, 2.05) is 44.0 Å². The Bertz CT molecular complexity index is 484. The Morgan fingerprint density at radius 2 is 2.05 bits per heavy atom. The lowest BCUT2D eigenvalue weighted by Crippen LogP contribution is -2.33. The van der Waals surface area contributed by atoms with Gasteiger partial charge in [0.2, 0.25) is 6.79 Å². The van der Waals surface area contributed by atoms with Crippen molar-refractivity contribution in [3.05, 3.63) is 18.2 Å². The number of carboxylic acid groups (broad SMARTS) is 1. The monoisotopic (exact) mass is 265 g/mol. The molecule has 0 bridgehead atoms. The van der Waals surface area contributed by atoms with Crippen molar-refractivity contribution < 1.29 is 19.4 Å². The lowest BCUT2D eigenvalue weighted by Gasteiger charge is -2.30. The third-order valence-corrected chi connectivity index (χ3v) is 3.09. The molecule has 0 saturated heterocycles. The molecular weight excluding hydrogens is 246 g/mol. The highest BCUT2D eigenvalue weighted by Crippen LogP contribution is 2.36. The highest BCUT2D eigenvalue weighted by molar-refractivity contribution is 5.67. The molecule has 0 atom stereocenters. The first-order chi connectivity index (χ1) is 8.87. The van der Waals surface area contributed by atoms with Crippen molar-refractivity contribution >= 4 is 11.7 Å². The first-order valence-corrected chi connectivity index (χ1v) is 6.20. The Balaban J connectivity index is 2.07. The second kappa shape index (κ2) is 4.99. The summed E-state index contributed by atoms with van der Waals surface area (Å²) in [4.78, 5) is 12.9. The maximum absolute atomic E-state index is 10.8. The van der Waals surface area contributed by atoms with Crippen LogP contribution in [-0.4, -0.2) is 31.5 Å². The molecule has 2 rings (SSSR count). The van der Waals surface area contributed by atoms with E-state index in [1.165, 1.54) is 0 Å². The van der Waals surface area contributed by atoms with Gasteiger partial charge in [-0.3, -0.25) is 4.79 Å². The van der Waals surface area contributed by atoms with Gasteiger partial charge in [0.15, 0.2) is 11.5 Å². The van der Waals surface area contributed by atoms with E-state index in [1.54, 1.807) is 0 Å². The van der Waals surface area contributed by atoms with Crippen molar-refractivity contribution in [1.29, 1.82) is 0 Å². The Morgan fingerprint density at radius 3 is 2.74 bits per heavy atom. The van der Waals surface area contributed by atoms with Crippen LogP contribution in [0.3, 0.4) is 0 Å². The minimum absolute atomic E-state index is 0.141. The number of benzene rings is 1. The Kier molecular flexibility index (Phi) is 3.55. The van der Waals surface area contributed by atoms with Gasteiger partial charge in [0.25, 0.3) is 0 Å². The number of anilines is 1. The predicted molar refractivity (Wildman–Crippen MR) is 71.9 cm³/mol. The van der Waals surface area contributed by atoms with Gasteiger partial charge < -0.3 is 19.5 Å². The van der Waals surface area contributed by atoms with Crippen molar-refractivity contribution in [2.45, 2.75) is 20.3 Å². The summed E-state index contributed by atoms with van der Waals surface area (Å²) in [6, 6.07) is 5.74. The van der Waals surface area contributed by atoms with Crippen LogP contribution in [0.2, 0.25) is 0 Å². The number of hydrogen-bond donors (Lipinski definition) is 1. The number of fused-ring (bicyclic) bond motifs is 1. The maximum atomic E-state index is 10.8. The van der Waals surface area contributed by atoms with Gasteiger partial charge in [0.1, 0.15) is 0 Å². The maximum Gasteiger partial charge on any atom is 0.303 e. The molecule has 1 aliphatic heterocycles. The number of hydrogen-bond acceptors (Lipinski definition) is 4. The molecule has 1 aliphatic rings. The fourth-order valence-corrected chi connectivity index (χ4v) is 2.32. The SMILES string of the molecule is CN(CC(C)(C)CC(=O)O)c1ccc2c(c1)OCO2. The van der Waals surface area contributed by atoms with Crippen molar-refractivity contribution in [3.8, 4) is 11.5 Å². The van der Waals surface area contributed by atoms with Crippen LogP contribution in [0.15, 0.2) is 18.2 Å². The summed E-state index contributed by atoms with van der Waals surface area (Å²) in [5, 5.41) is 8.90. The number of nitrogens with zero attached hydrogens (tertiary/aromatic N) is 1. The van der Waals surface area contributed by atoms with Gasteiger partial charge >= 0.3 is 5.97 Å². The smallest absolute Gasteiger partial charge is 0.303 e. The van der Waals surface area contributed by atoms with Crippen LogP contribution in [0.5, 0.6) is 11.5 Å². The molecule has 0 saturated carbocycles. The molecule has 1 heterocycles. The highest BCUT2D eigenvalue weighted by atomic mass is 16.7. The fraction of sp³-hybridized carbons (Fsp3) is 0.500. The Morgan fingerprint density at radius 1 is 1.37 bits per heavy atom. The lowest BCUT2D eigenvalue weighted by molar-refractivity contribution is -0.139. The van der Waals surface area contributed by atoms with E-state index in [0.717, 1.165) is 17.2 Å². The van der Waals surface area contributed by atoms with Gasteiger partial charge in [-0.15, -0.1) is 0 Å². The zero-order valence-electron chi connectivity index (χ0n) is 11.5. The molecule has 1 aromatic carbocycles. The topological polar surface area (TPSA) is 59.0 Å². The van der Waals surface area contributed by atoms with E-state index >= 15 is 0 Å². The number of carbonyl (C=O) groups is 1. The number of ether oxygens (including phenoxy) is 2. The molecule has 19 heavy (non-hydrogen) atoms. The van der Waals surface area contributed by atoms with Gasteiger partial charge in [-0.05, 0) is 17.5 Å². The van der Waals surface area contributed by atoms with Crippen molar-refractivity contribution in [1.82, 2.24) is 0 Å².